The molecule has 1 aromatic heterocycles. The third-order valence-corrected chi connectivity index (χ3v) is 1.52. The smallest absolute Gasteiger partial charge is 0.393 e. The molecule has 3 nitrogen and oxygen atoms in total. The van der Waals surface area contributed by atoms with Gasteiger partial charge in [-0.2, -0.15) is 4.98 Å². The van der Waals surface area contributed by atoms with Crippen LogP contribution in [0, 0.1) is 0 Å². The molecule has 0 aliphatic carbocycles. The number of oxazole rings is 1. The molecule has 68 valence electrons. The molecule has 0 aliphatic rings. The van der Waals surface area contributed by atoms with Crippen molar-refractivity contribution in [3.63, 3.8) is 0 Å². The van der Waals surface area contributed by atoms with Crippen LogP contribution in [0.1, 0.15) is 33.4 Å². The van der Waals surface area contributed by atoms with Gasteiger partial charge in [0.05, 0.1) is 12.3 Å². The fraction of sp³-hybridized carbons (Fsp3) is 0.667. The molecule has 1 rings (SSSR count). The quantitative estimate of drug-likeness (QED) is 0.681. The van der Waals surface area contributed by atoms with Crippen molar-refractivity contribution in [1.29, 1.82) is 0 Å². The SMILES string of the molecule is CCOc1nc(C(C)(C)C)co1. The maximum absolute atomic E-state index is 5.10. The van der Waals surface area contributed by atoms with Gasteiger partial charge in [-0.25, -0.2) is 0 Å². The first kappa shape index (κ1) is 9.10. The van der Waals surface area contributed by atoms with Crippen LogP contribution in [0.2, 0.25) is 0 Å². The average Bonchev–Trinajstić information content (AvgIpc) is 2.35. The Labute approximate surface area is 72.7 Å². The topological polar surface area (TPSA) is 35.3 Å². The van der Waals surface area contributed by atoms with Crippen molar-refractivity contribution >= 4 is 0 Å². The van der Waals surface area contributed by atoms with Gasteiger partial charge in [0, 0.05) is 5.41 Å². The first-order chi connectivity index (χ1) is 5.54. The third kappa shape index (κ3) is 2.00. The molecule has 0 bridgehead atoms. The van der Waals surface area contributed by atoms with Crippen molar-refractivity contribution in [3.05, 3.63) is 12.0 Å². The van der Waals surface area contributed by atoms with Crippen molar-refractivity contribution in [1.82, 2.24) is 4.98 Å². The van der Waals surface area contributed by atoms with E-state index in [9.17, 15) is 0 Å². The van der Waals surface area contributed by atoms with Gasteiger partial charge in [0.15, 0.2) is 0 Å². The number of aromatic nitrogens is 1. The molecule has 0 fully saturated rings. The highest BCUT2D eigenvalue weighted by atomic mass is 16.6. The Kier molecular flexibility index (Phi) is 2.40. The molecule has 0 aromatic carbocycles. The highest BCUT2D eigenvalue weighted by Crippen LogP contribution is 2.23. The van der Waals surface area contributed by atoms with Gasteiger partial charge in [-0.1, -0.05) is 20.8 Å². The van der Waals surface area contributed by atoms with Crippen LogP contribution in [0.25, 0.3) is 0 Å². The van der Waals surface area contributed by atoms with E-state index in [1.54, 1.807) is 6.26 Å². The molecule has 0 atom stereocenters. The number of hydrogen-bond donors (Lipinski definition) is 0. The summed E-state index contributed by atoms with van der Waals surface area (Å²) in [6, 6.07) is 0. The van der Waals surface area contributed by atoms with Gasteiger partial charge < -0.3 is 9.15 Å². The third-order valence-electron chi connectivity index (χ3n) is 1.52. The molecule has 0 radical (unpaired) electrons. The predicted molar refractivity (Wildman–Crippen MR) is 46.4 cm³/mol. The second kappa shape index (κ2) is 3.17. The van der Waals surface area contributed by atoms with Gasteiger partial charge in [-0.15, -0.1) is 0 Å². The van der Waals surface area contributed by atoms with Crippen LogP contribution >= 0.6 is 0 Å². The summed E-state index contributed by atoms with van der Waals surface area (Å²) in [6.07, 6.45) is 2.01. The highest BCUT2D eigenvalue weighted by Gasteiger charge is 2.18. The second-order valence-corrected chi connectivity index (χ2v) is 3.68. The van der Waals surface area contributed by atoms with Gasteiger partial charge >= 0.3 is 6.08 Å². The number of hydrogen-bond acceptors (Lipinski definition) is 3. The lowest BCUT2D eigenvalue weighted by Gasteiger charge is -2.12. The molecule has 0 amide bonds. The molecular formula is C9H15NO2. The van der Waals surface area contributed by atoms with Gasteiger partial charge in [0.2, 0.25) is 0 Å². The highest BCUT2D eigenvalue weighted by molar-refractivity contribution is 5.10. The zero-order chi connectivity index (χ0) is 9.19. The Morgan fingerprint density at radius 2 is 2.17 bits per heavy atom. The van der Waals surface area contributed by atoms with E-state index in [0.717, 1.165) is 5.69 Å². The summed E-state index contributed by atoms with van der Waals surface area (Å²) in [5, 5.41) is 0. The first-order valence-corrected chi connectivity index (χ1v) is 4.13. The normalized spacial score (nSPS) is 11.7. The van der Waals surface area contributed by atoms with Crippen molar-refractivity contribution in [3.8, 4) is 6.08 Å². The Balaban J connectivity index is 2.77. The lowest BCUT2D eigenvalue weighted by atomic mass is 9.93. The largest absolute Gasteiger partial charge is 0.450 e. The van der Waals surface area contributed by atoms with Crippen LogP contribution in [0.15, 0.2) is 10.7 Å². The summed E-state index contributed by atoms with van der Waals surface area (Å²) in [4.78, 5) is 4.18. The lowest BCUT2D eigenvalue weighted by molar-refractivity contribution is 0.244. The summed E-state index contributed by atoms with van der Waals surface area (Å²) in [5.74, 6) is 0. The molecule has 0 unspecified atom stereocenters. The maximum atomic E-state index is 5.10. The summed E-state index contributed by atoms with van der Waals surface area (Å²) in [7, 11) is 0. The number of nitrogens with zero attached hydrogens (tertiary/aromatic N) is 1. The van der Waals surface area contributed by atoms with Crippen molar-refractivity contribution < 1.29 is 9.15 Å². The van der Waals surface area contributed by atoms with Crippen molar-refractivity contribution in [2.45, 2.75) is 33.1 Å². The summed E-state index contributed by atoms with van der Waals surface area (Å²) in [6.45, 7) is 8.74. The fourth-order valence-electron chi connectivity index (χ4n) is 0.792. The van der Waals surface area contributed by atoms with Crippen LogP contribution in [-0.4, -0.2) is 11.6 Å². The van der Waals surface area contributed by atoms with E-state index in [0.29, 0.717) is 12.7 Å². The van der Waals surface area contributed by atoms with E-state index in [1.807, 2.05) is 6.92 Å². The van der Waals surface area contributed by atoms with Crippen molar-refractivity contribution in [2.24, 2.45) is 0 Å². The summed E-state index contributed by atoms with van der Waals surface area (Å²) >= 11 is 0. The van der Waals surface area contributed by atoms with Crippen LogP contribution < -0.4 is 4.74 Å². The Hall–Kier alpha value is -0.990. The minimum atomic E-state index is 0.0266. The van der Waals surface area contributed by atoms with Gasteiger partial charge in [0.1, 0.15) is 6.26 Å². The molecule has 1 heterocycles. The zero-order valence-electron chi connectivity index (χ0n) is 8.05. The molecule has 0 aliphatic heterocycles. The predicted octanol–water partition coefficient (Wildman–Crippen LogP) is 2.37. The molecule has 3 heteroatoms. The maximum Gasteiger partial charge on any atom is 0.393 e. The number of rotatable bonds is 2. The number of ether oxygens (including phenoxy) is 1. The minimum absolute atomic E-state index is 0.0266. The molecule has 0 N–H and O–H groups in total. The molecule has 0 spiro atoms. The molecule has 0 saturated heterocycles. The van der Waals surface area contributed by atoms with Crippen molar-refractivity contribution in [2.75, 3.05) is 6.61 Å². The minimum Gasteiger partial charge on any atom is -0.450 e. The van der Waals surface area contributed by atoms with E-state index in [-0.39, 0.29) is 5.41 Å². The Morgan fingerprint density at radius 1 is 1.50 bits per heavy atom. The summed E-state index contributed by atoms with van der Waals surface area (Å²) < 4.78 is 10.2. The van der Waals surface area contributed by atoms with E-state index in [2.05, 4.69) is 25.8 Å². The first-order valence-electron chi connectivity index (χ1n) is 4.13. The molecule has 1 aromatic rings. The van der Waals surface area contributed by atoms with Crippen LogP contribution in [0.5, 0.6) is 6.08 Å². The average molecular weight is 169 g/mol. The van der Waals surface area contributed by atoms with Gasteiger partial charge in [0.25, 0.3) is 0 Å². The Bertz CT molecular complexity index is 247. The zero-order valence-corrected chi connectivity index (χ0v) is 8.05. The molecule has 0 saturated carbocycles. The van der Waals surface area contributed by atoms with Crippen LogP contribution in [-0.2, 0) is 5.41 Å². The van der Waals surface area contributed by atoms with Crippen LogP contribution in [0.4, 0.5) is 0 Å². The van der Waals surface area contributed by atoms with E-state index < -0.39 is 0 Å². The van der Waals surface area contributed by atoms with E-state index in [1.165, 1.54) is 0 Å². The molecule has 12 heavy (non-hydrogen) atoms. The monoisotopic (exact) mass is 169 g/mol. The van der Waals surface area contributed by atoms with Gasteiger partial charge in [-0.3, -0.25) is 0 Å². The van der Waals surface area contributed by atoms with E-state index >= 15 is 0 Å². The molecular weight excluding hydrogens is 154 g/mol. The lowest BCUT2D eigenvalue weighted by Crippen LogP contribution is -2.11. The second-order valence-electron chi connectivity index (χ2n) is 3.68. The fourth-order valence-corrected chi connectivity index (χ4v) is 0.792. The van der Waals surface area contributed by atoms with E-state index in [4.69, 9.17) is 9.15 Å². The van der Waals surface area contributed by atoms with Crippen LogP contribution in [0.3, 0.4) is 0 Å². The Morgan fingerprint density at radius 3 is 2.58 bits per heavy atom. The summed E-state index contributed by atoms with van der Waals surface area (Å²) in [5.41, 5.74) is 0.949. The standard InChI is InChI=1S/C9H15NO2/c1-5-11-8-10-7(6-12-8)9(2,3)4/h6H,5H2,1-4H3. The van der Waals surface area contributed by atoms with Gasteiger partial charge in [-0.05, 0) is 6.92 Å².